The molecule has 0 amide bonds. The summed E-state index contributed by atoms with van der Waals surface area (Å²) in [5, 5.41) is 0. The van der Waals surface area contributed by atoms with E-state index in [2.05, 4.69) is 9.32 Å². The summed E-state index contributed by atoms with van der Waals surface area (Å²) in [6.45, 7) is 3.74. The fourth-order valence-corrected chi connectivity index (χ4v) is 1.43. The van der Waals surface area contributed by atoms with Crippen molar-refractivity contribution in [3.63, 3.8) is 0 Å². The number of Topliss-reactive ketones (excluding diaryl/α,β-unsaturated/α-hetero) is 1. The summed E-state index contributed by atoms with van der Waals surface area (Å²) in [5.74, 6) is 4.83. The molecule has 0 saturated heterocycles. The second-order valence-electron chi connectivity index (χ2n) is 3.29. The van der Waals surface area contributed by atoms with Crippen molar-refractivity contribution in [1.82, 2.24) is 0 Å². The van der Waals surface area contributed by atoms with Crippen LogP contribution in [0.1, 0.15) is 24.2 Å². The van der Waals surface area contributed by atoms with Crippen LogP contribution < -0.4 is 5.90 Å². The van der Waals surface area contributed by atoms with E-state index < -0.39 is 0 Å². The quantitative estimate of drug-likeness (QED) is 0.362. The van der Waals surface area contributed by atoms with Gasteiger partial charge in [-0.3, -0.25) is 4.79 Å². The average molecular weight is 227 g/mol. The first kappa shape index (κ1) is 12.2. The van der Waals surface area contributed by atoms with Crippen LogP contribution in [-0.2, 0) is 9.32 Å². The molecule has 0 fully saturated rings. The second kappa shape index (κ2) is 5.87. The molecule has 82 valence electrons. The summed E-state index contributed by atoms with van der Waals surface area (Å²) in [5.41, 5.74) is 0.697. The maximum Gasteiger partial charge on any atom is 0.165 e. The molecule has 0 heterocycles. The van der Waals surface area contributed by atoms with Gasteiger partial charge in [0.2, 0.25) is 0 Å². The van der Waals surface area contributed by atoms with E-state index in [0.29, 0.717) is 5.56 Å². The molecule has 0 bridgehead atoms. The molecule has 0 aliphatic carbocycles. The minimum absolute atomic E-state index is 0.00660. The molecular formula is C10H13NO3S. The lowest BCUT2D eigenvalue weighted by Gasteiger charge is -2.04. The molecule has 2 N–H and O–H groups in total. The van der Waals surface area contributed by atoms with Gasteiger partial charge in [0.1, 0.15) is 0 Å². The molecule has 1 aromatic rings. The fraction of sp³-hybridized carbons (Fsp3) is 0.300. The van der Waals surface area contributed by atoms with Crippen LogP contribution in [0.3, 0.4) is 0 Å². The second-order valence-corrected chi connectivity index (χ2v) is 4.07. The average Bonchev–Trinajstić information content (AvgIpc) is 2.26. The predicted molar refractivity (Wildman–Crippen MR) is 57.8 cm³/mol. The molecule has 4 nitrogen and oxygen atoms in total. The third kappa shape index (κ3) is 3.64. The summed E-state index contributed by atoms with van der Waals surface area (Å²) in [6.07, 6.45) is 0. The standard InChI is InChI=1S/C10H13NO3S/c1-7(2)10(12)8-3-5-9(6-4-8)15-14-13-11/h3-7H,11H2,1-2H3. The van der Waals surface area contributed by atoms with Gasteiger partial charge < -0.3 is 0 Å². The predicted octanol–water partition coefficient (Wildman–Crippen LogP) is 2.35. The molecule has 15 heavy (non-hydrogen) atoms. The first-order valence-corrected chi connectivity index (χ1v) is 5.23. The first-order chi connectivity index (χ1) is 7.15. The van der Waals surface area contributed by atoms with Gasteiger partial charge in [-0.15, -0.1) is 9.32 Å². The zero-order chi connectivity index (χ0) is 11.3. The number of ketones is 1. The van der Waals surface area contributed by atoms with Gasteiger partial charge in [-0.2, -0.15) is 5.90 Å². The maximum atomic E-state index is 11.6. The molecule has 0 unspecified atom stereocenters. The Morgan fingerprint density at radius 1 is 1.33 bits per heavy atom. The van der Waals surface area contributed by atoms with Crippen LogP contribution in [0.25, 0.3) is 0 Å². The van der Waals surface area contributed by atoms with Gasteiger partial charge in [-0.1, -0.05) is 26.0 Å². The normalized spacial score (nSPS) is 10.7. The summed E-state index contributed by atoms with van der Waals surface area (Å²) < 4.78 is 4.48. The number of rotatable bonds is 5. The van der Waals surface area contributed by atoms with Crippen molar-refractivity contribution in [2.24, 2.45) is 11.8 Å². The molecule has 0 aromatic heterocycles. The minimum atomic E-state index is 0.00660. The largest absolute Gasteiger partial charge is 0.294 e. The lowest BCUT2D eigenvalue weighted by molar-refractivity contribution is -0.195. The summed E-state index contributed by atoms with van der Waals surface area (Å²) >= 11 is 0.991. The number of carbonyl (C=O) groups is 1. The first-order valence-electron chi connectivity index (χ1n) is 4.49. The van der Waals surface area contributed by atoms with Gasteiger partial charge in [0.05, 0.1) is 12.0 Å². The molecule has 0 aliphatic rings. The Kier molecular flexibility index (Phi) is 4.77. The monoisotopic (exact) mass is 227 g/mol. The van der Waals surface area contributed by atoms with Crippen molar-refractivity contribution in [1.29, 1.82) is 0 Å². The van der Waals surface area contributed by atoms with Crippen LogP contribution in [0.5, 0.6) is 0 Å². The highest BCUT2D eigenvalue weighted by molar-refractivity contribution is 7.94. The molecule has 0 saturated carbocycles. The highest BCUT2D eigenvalue weighted by Gasteiger charge is 2.09. The van der Waals surface area contributed by atoms with Crippen molar-refractivity contribution in [2.75, 3.05) is 0 Å². The van der Waals surface area contributed by atoms with Crippen molar-refractivity contribution < 1.29 is 14.1 Å². The van der Waals surface area contributed by atoms with Gasteiger partial charge in [-0.05, 0) is 12.1 Å². The van der Waals surface area contributed by atoms with Crippen LogP contribution in [0.2, 0.25) is 0 Å². The Morgan fingerprint density at radius 3 is 2.40 bits per heavy atom. The Bertz CT molecular complexity index is 324. The highest BCUT2D eigenvalue weighted by atomic mass is 32.2. The Morgan fingerprint density at radius 2 is 1.93 bits per heavy atom. The SMILES string of the molecule is CC(C)C(=O)c1ccc(SOON)cc1. The lowest BCUT2D eigenvalue weighted by atomic mass is 10.0. The van der Waals surface area contributed by atoms with Crippen LogP contribution in [-0.4, -0.2) is 5.78 Å². The zero-order valence-electron chi connectivity index (χ0n) is 8.60. The third-order valence-electron chi connectivity index (χ3n) is 1.83. The fourth-order valence-electron chi connectivity index (χ4n) is 1.07. The van der Waals surface area contributed by atoms with Crippen LogP contribution in [0.15, 0.2) is 29.2 Å². The van der Waals surface area contributed by atoms with E-state index in [4.69, 9.17) is 5.90 Å². The smallest absolute Gasteiger partial charge is 0.165 e. The number of hydrogen-bond acceptors (Lipinski definition) is 5. The van der Waals surface area contributed by atoms with E-state index in [-0.39, 0.29) is 11.7 Å². The third-order valence-corrected chi connectivity index (χ3v) is 2.44. The molecule has 0 atom stereocenters. The number of hydrogen-bond donors (Lipinski definition) is 1. The van der Waals surface area contributed by atoms with E-state index in [1.165, 1.54) is 0 Å². The molecular weight excluding hydrogens is 214 g/mol. The molecule has 0 spiro atoms. The Hall–Kier alpha value is -0.880. The van der Waals surface area contributed by atoms with E-state index >= 15 is 0 Å². The van der Waals surface area contributed by atoms with Crippen molar-refractivity contribution in [3.8, 4) is 0 Å². The summed E-state index contributed by atoms with van der Waals surface area (Å²) in [6, 6.07) is 7.06. The lowest BCUT2D eigenvalue weighted by Crippen LogP contribution is -2.06. The van der Waals surface area contributed by atoms with Gasteiger partial charge in [0, 0.05) is 16.4 Å². The van der Waals surface area contributed by atoms with E-state index in [1.807, 2.05) is 13.8 Å². The number of nitrogens with two attached hydrogens (primary N) is 1. The molecule has 1 aromatic carbocycles. The molecule has 1 rings (SSSR count). The van der Waals surface area contributed by atoms with Gasteiger partial charge >= 0.3 is 0 Å². The van der Waals surface area contributed by atoms with Gasteiger partial charge in [0.15, 0.2) is 5.78 Å². The summed E-state index contributed by atoms with van der Waals surface area (Å²) in [4.78, 5) is 16.4. The highest BCUT2D eigenvalue weighted by Crippen LogP contribution is 2.20. The van der Waals surface area contributed by atoms with Gasteiger partial charge in [0.25, 0.3) is 0 Å². The number of benzene rings is 1. The number of carbonyl (C=O) groups excluding carboxylic acids is 1. The van der Waals surface area contributed by atoms with E-state index in [1.54, 1.807) is 24.3 Å². The molecule has 5 heteroatoms. The molecule has 0 aliphatic heterocycles. The van der Waals surface area contributed by atoms with Crippen LogP contribution >= 0.6 is 12.0 Å². The maximum absolute atomic E-state index is 11.6. The van der Waals surface area contributed by atoms with Crippen LogP contribution in [0, 0.1) is 5.92 Å². The minimum Gasteiger partial charge on any atom is -0.294 e. The summed E-state index contributed by atoms with van der Waals surface area (Å²) in [7, 11) is 0. The van der Waals surface area contributed by atoms with Crippen molar-refractivity contribution >= 4 is 17.8 Å². The van der Waals surface area contributed by atoms with Crippen LogP contribution in [0.4, 0.5) is 0 Å². The van der Waals surface area contributed by atoms with Crippen molar-refractivity contribution in [3.05, 3.63) is 29.8 Å². The Balaban J connectivity index is 2.68. The zero-order valence-corrected chi connectivity index (χ0v) is 9.41. The molecule has 0 radical (unpaired) electrons. The van der Waals surface area contributed by atoms with E-state index in [9.17, 15) is 4.79 Å². The Labute approximate surface area is 92.8 Å². The van der Waals surface area contributed by atoms with E-state index in [0.717, 1.165) is 16.9 Å². The van der Waals surface area contributed by atoms with Gasteiger partial charge in [-0.25, -0.2) is 0 Å². The van der Waals surface area contributed by atoms with Crippen molar-refractivity contribution in [2.45, 2.75) is 18.7 Å². The topological polar surface area (TPSA) is 61.5 Å².